The maximum absolute atomic E-state index is 4.30. The third kappa shape index (κ3) is 4.33. The lowest BCUT2D eigenvalue weighted by Gasteiger charge is -2.14. The predicted molar refractivity (Wildman–Crippen MR) is 67.4 cm³/mol. The van der Waals surface area contributed by atoms with Gasteiger partial charge in [0.15, 0.2) is 0 Å². The Bertz CT molecular complexity index is 282. The molecule has 4 heteroatoms. The SMILES string of the molecule is CCCn1nccc1CNCCN(C)CC. The number of hydrogen-bond acceptors (Lipinski definition) is 3. The van der Waals surface area contributed by atoms with Crippen molar-refractivity contribution >= 4 is 0 Å². The molecular formula is C12H24N4. The van der Waals surface area contributed by atoms with Gasteiger partial charge in [-0.1, -0.05) is 13.8 Å². The van der Waals surface area contributed by atoms with Gasteiger partial charge in [-0.25, -0.2) is 0 Å². The molecule has 0 aliphatic heterocycles. The molecule has 0 bridgehead atoms. The van der Waals surface area contributed by atoms with Crippen molar-refractivity contribution in [2.75, 3.05) is 26.7 Å². The van der Waals surface area contributed by atoms with Gasteiger partial charge >= 0.3 is 0 Å². The summed E-state index contributed by atoms with van der Waals surface area (Å²) >= 11 is 0. The lowest BCUT2D eigenvalue weighted by Crippen LogP contribution is -2.29. The van der Waals surface area contributed by atoms with Gasteiger partial charge in [-0.2, -0.15) is 5.10 Å². The average molecular weight is 224 g/mol. The van der Waals surface area contributed by atoms with E-state index in [1.54, 1.807) is 0 Å². The summed E-state index contributed by atoms with van der Waals surface area (Å²) in [6.07, 6.45) is 3.01. The largest absolute Gasteiger partial charge is 0.310 e. The standard InChI is InChI=1S/C12H24N4/c1-4-9-16-12(6-7-14-16)11-13-8-10-15(3)5-2/h6-7,13H,4-5,8-11H2,1-3H3. The highest BCUT2D eigenvalue weighted by Gasteiger charge is 2.00. The number of hydrogen-bond donors (Lipinski definition) is 1. The van der Waals surface area contributed by atoms with Crippen molar-refractivity contribution in [1.29, 1.82) is 0 Å². The quantitative estimate of drug-likeness (QED) is 0.676. The molecule has 0 aromatic carbocycles. The molecular weight excluding hydrogens is 200 g/mol. The number of rotatable bonds is 8. The Morgan fingerprint density at radius 2 is 2.25 bits per heavy atom. The summed E-state index contributed by atoms with van der Waals surface area (Å²) in [6, 6.07) is 2.09. The fourth-order valence-electron chi connectivity index (χ4n) is 1.57. The Morgan fingerprint density at radius 1 is 1.44 bits per heavy atom. The molecule has 1 aromatic rings. The van der Waals surface area contributed by atoms with Crippen molar-refractivity contribution in [2.45, 2.75) is 33.4 Å². The predicted octanol–water partition coefficient (Wildman–Crippen LogP) is 1.33. The van der Waals surface area contributed by atoms with E-state index in [1.165, 1.54) is 5.69 Å². The maximum atomic E-state index is 4.30. The second kappa shape index (κ2) is 7.41. The maximum Gasteiger partial charge on any atom is 0.0522 e. The number of nitrogens with one attached hydrogen (secondary N) is 1. The van der Waals surface area contributed by atoms with E-state index in [0.29, 0.717) is 0 Å². The van der Waals surface area contributed by atoms with E-state index >= 15 is 0 Å². The van der Waals surface area contributed by atoms with E-state index < -0.39 is 0 Å². The molecule has 0 unspecified atom stereocenters. The van der Waals surface area contributed by atoms with E-state index in [2.05, 4.69) is 47.0 Å². The van der Waals surface area contributed by atoms with Crippen molar-refractivity contribution in [2.24, 2.45) is 0 Å². The molecule has 0 fully saturated rings. The monoisotopic (exact) mass is 224 g/mol. The highest BCUT2D eigenvalue weighted by molar-refractivity contribution is 4.99. The Morgan fingerprint density at radius 3 is 2.94 bits per heavy atom. The van der Waals surface area contributed by atoms with Gasteiger partial charge in [0, 0.05) is 32.4 Å². The van der Waals surface area contributed by atoms with Gasteiger partial charge in [-0.05, 0) is 26.1 Å². The molecule has 1 aromatic heterocycles. The fraction of sp³-hybridized carbons (Fsp3) is 0.750. The number of aryl methyl sites for hydroxylation is 1. The van der Waals surface area contributed by atoms with Gasteiger partial charge < -0.3 is 10.2 Å². The van der Waals surface area contributed by atoms with E-state index in [1.807, 2.05) is 6.20 Å². The molecule has 0 saturated heterocycles. The normalized spacial score (nSPS) is 11.2. The summed E-state index contributed by atoms with van der Waals surface area (Å²) in [5.41, 5.74) is 1.28. The lowest BCUT2D eigenvalue weighted by molar-refractivity contribution is 0.347. The van der Waals surface area contributed by atoms with Gasteiger partial charge in [-0.3, -0.25) is 4.68 Å². The van der Waals surface area contributed by atoms with Crippen LogP contribution in [0.25, 0.3) is 0 Å². The highest BCUT2D eigenvalue weighted by atomic mass is 15.3. The first kappa shape index (κ1) is 13.2. The first-order valence-electron chi connectivity index (χ1n) is 6.17. The number of aromatic nitrogens is 2. The summed E-state index contributed by atoms with van der Waals surface area (Å²) < 4.78 is 2.08. The zero-order chi connectivity index (χ0) is 11.8. The summed E-state index contributed by atoms with van der Waals surface area (Å²) in [5, 5.41) is 7.75. The minimum Gasteiger partial charge on any atom is -0.310 e. The van der Waals surface area contributed by atoms with Gasteiger partial charge in [0.25, 0.3) is 0 Å². The molecule has 0 atom stereocenters. The van der Waals surface area contributed by atoms with E-state index in [0.717, 1.165) is 39.1 Å². The van der Waals surface area contributed by atoms with Crippen LogP contribution in [0.1, 0.15) is 26.0 Å². The Labute approximate surface area is 98.6 Å². The van der Waals surface area contributed by atoms with Crippen LogP contribution in [0, 0.1) is 0 Å². The van der Waals surface area contributed by atoms with Crippen molar-refractivity contribution in [1.82, 2.24) is 20.0 Å². The molecule has 0 spiro atoms. The van der Waals surface area contributed by atoms with E-state index in [4.69, 9.17) is 0 Å². The van der Waals surface area contributed by atoms with Crippen LogP contribution >= 0.6 is 0 Å². The summed E-state index contributed by atoms with van der Waals surface area (Å²) in [5.74, 6) is 0. The third-order valence-corrected chi connectivity index (χ3v) is 2.76. The van der Waals surface area contributed by atoms with Gasteiger partial charge in [-0.15, -0.1) is 0 Å². The minimum absolute atomic E-state index is 0.914. The highest BCUT2D eigenvalue weighted by Crippen LogP contribution is 1.99. The molecule has 0 aliphatic rings. The molecule has 1 N–H and O–H groups in total. The molecule has 1 heterocycles. The van der Waals surface area contributed by atoms with E-state index in [9.17, 15) is 0 Å². The Hall–Kier alpha value is -0.870. The smallest absolute Gasteiger partial charge is 0.0522 e. The van der Waals surface area contributed by atoms with Crippen LogP contribution in [0.5, 0.6) is 0 Å². The lowest BCUT2D eigenvalue weighted by atomic mass is 10.4. The molecule has 0 saturated carbocycles. The topological polar surface area (TPSA) is 33.1 Å². The summed E-state index contributed by atoms with van der Waals surface area (Å²) in [7, 11) is 2.14. The Balaban J connectivity index is 2.23. The first-order valence-corrected chi connectivity index (χ1v) is 6.17. The van der Waals surface area contributed by atoms with Gasteiger partial charge in [0.2, 0.25) is 0 Å². The Kier molecular flexibility index (Phi) is 6.11. The average Bonchev–Trinajstić information content (AvgIpc) is 2.72. The summed E-state index contributed by atoms with van der Waals surface area (Å²) in [4.78, 5) is 2.30. The molecule has 1 rings (SSSR count). The fourth-order valence-corrected chi connectivity index (χ4v) is 1.57. The van der Waals surface area contributed by atoms with Crippen LogP contribution in [-0.4, -0.2) is 41.4 Å². The third-order valence-electron chi connectivity index (χ3n) is 2.76. The zero-order valence-electron chi connectivity index (χ0n) is 10.7. The van der Waals surface area contributed by atoms with Crippen LogP contribution in [0.2, 0.25) is 0 Å². The van der Waals surface area contributed by atoms with Gasteiger partial charge in [0.05, 0.1) is 5.69 Å². The van der Waals surface area contributed by atoms with Crippen LogP contribution in [0.3, 0.4) is 0 Å². The number of nitrogens with zero attached hydrogens (tertiary/aromatic N) is 3. The van der Waals surface area contributed by atoms with Crippen molar-refractivity contribution < 1.29 is 0 Å². The molecule has 92 valence electrons. The second-order valence-corrected chi connectivity index (χ2v) is 4.12. The minimum atomic E-state index is 0.914. The zero-order valence-corrected chi connectivity index (χ0v) is 10.7. The number of likely N-dealkylation sites (N-methyl/N-ethyl adjacent to an activating group) is 1. The first-order chi connectivity index (χ1) is 7.77. The summed E-state index contributed by atoms with van der Waals surface area (Å²) in [6.45, 7) is 9.51. The van der Waals surface area contributed by atoms with E-state index in [-0.39, 0.29) is 0 Å². The molecule has 0 radical (unpaired) electrons. The molecule has 16 heavy (non-hydrogen) atoms. The second-order valence-electron chi connectivity index (χ2n) is 4.12. The van der Waals surface area contributed by atoms with Crippen LogP contribution in [0.15, 0.2) is 12.3 Å². The molecule has 0 amide bonds. The van der Waals surface area contributed by atoms with Crippen LogP contribution in [-0.2, 0) is 13.1 Å². The van der Waals surface area contributed by atoms with Crippen molar-refractivity contribution in [3.05, 3.63) is 18.0 Å². The molecule has 4 nitrogen and oxygen atoms in total. The van der Waals surface area contributed by atoms with Crippen molar-refractivity contribution in [3.63, 3.8) is 0 Å². The van der Waals surface area contributed by atoms with Crippen LogP contribution < -0.4 is 5.32 Å². The molecule has 0 aliphatic carbocycles. The van der Waals surface area contributed by atoms with Crippen LogP contribution in [0.4, 0.5) is 0 Å². The van der Waals surface area contributed by atoms with Crippen molar-refractivity contribution in [3.8, 4) is 0 Å². The van der Waals surface area contributed by atoms with Gasteiger partial charge in [0.1, 0.15) is 0 Å².